The molecule has 1 saturated carbocycles. The molecule has 1 aliphatic carbocycles. The Morgan fingerprint density at radius 3 is 2.55 bits per heavy atom. The zero-order chi connectivity index (χ0) is 21.4. The quantitative estimate of drug-likeness (QED) is 0.703. The number of hydrogen-bond donors (Lipinski definition) is 1. The summed E-state index contributed by atoms with van der Waals surface area (Å²) in [6.07, 6.45) is 7.64. The first-order valence-corrected chi connectivity index (χ1v) is 10.8. The number of nitrogens with zero attached hydrogens (tertiary/aromatic N) is 4. The number of pyridine rings is 1. The molecule has 0 unspecified atom stereocenters. The standard InChI is InChI=1S/C23H25N5O3/c29-21-19(6-3-9-24-21)22(30)27-12-10-26(11-13-27)17-7-8-18-20(14-17)25-15-28(23(18)31)16-4-1-2-5-16/h3,6-9,14-16H,1-2,4-5,10-13H2,(H,24,29). The van der Waals surface area contributed by atoms with Gasteiger partial charge in [-0.05, 0) is 43.2 Å². The number of anilines is 1. The van der Waals surface area contributed by atoms with E-state index in [-0.39, 0.29) is 28.6 Å². The first kappa shape index (κ1) is 19.5. The Bertz CT molecular complexity index is 1230. The van der Waals surface area contributed by atoms with Crippen LogP contribution in [0.4, 0.5) is 5.69 Å². The highest BCUT2D eigenvalue weighted by atomic mass is 16.2. The minimum Gasteiger partial charge on any atom is -0.368 e. The number of piperazine rings is 1. The molecule has 2 fully saturated rings. The van der Waals surface area contributed by atoms with E-state index < -0.39 is 0 Å². The molecule has 1 N–H and O–H groups in total. The molecule has 160 valence electrons. The molecule has 2 aliphatic rings. The minimum absolute atomic E-state index is 0.0342. The Labute approximate surface area is 179 Å². The van der Waals surface area contributed by atoms with Crippen molar-refractivity contribution in [1.29, 1.82) is 0 Å². The van der Waals surface area contributed by atoms with Gasteiger partial charge in [0.2, 0.25) is 0 Å². The average molecular weight is 419 g/mol. The largest absolute Gasteiger partial charge is 0.368 e. The summed E-state index contributed by atoms with van der Waals surface area (Å²) in [5.41, 5.74) is 1.53. The highest BCUT2D eigenvalue weighted by Crippen LogP contribution is 2.28. The molecular formula is C23H25N5O3. The molecule has 2 aromatic heterocycles. The van der Waals surface area contributed by atoms with Crippen LogP contribution in [0.3, 0.4) is 0 Å². The Morgan fingerprint density at radius 1 is 1.03 bits per heavy atom. The van der Waals surface area contributed by atoms with Crippen molar-refractivity contribution in [2.75, 3.05) is 31.1 Å². The van der Waals surface area contributed by atoms with E-state index in [4.69, 9.17) is 0 Å². The molecule has 3 heterocycles. The van der Waals surface area contributed by atoms with Gasteiger partial charge in [-0.2, -0.15) is 0 Å². The third-order valence-electron chi connectivity index (χ3n) is 6.47. The van der Waals surface area contributed by atoms with Crippen LogP contribution in [-0.2, 0) is 0 Å². The van der Waals surface area contributed by atoms with Gasteiger partial charge in [-0.15, -0.1) is 0 Å². The van der Waals surface area contributed by atoms with Gasteiger partial charge in [0.25, 0.3) is 17.0 Å². The van der Waals surface area contributed by atoms with Crippen molar-refractivity contribution in [1.82, 2.24) is 19.4 Å². The molecule has 0 spiro atoms. The second-order valence-corrected chi connectivity index (χ2v) is 8.29. The fourth-order valence-electron chi connectivity index (χ4n) is 4.69. The molecule has 8 heteroatoms. The van der Waals surface area contributed by atoms with Crippen LogP contribution < -0.4 is 16.0 Å². The van der Waals surface area contributed by atoms with Gasteiger partial charge in [-0.3, -0.25) is 19.0 Å². The molecule has 1 amide bonds. The first-order chi connectivity index (χ1) is 15.1. The van der Waals surface area contributed by atoms with Crippen molar-refractivity contribution in [3.8, 4) is 0 Å². The Hall–Kier alpha value is -3.42. The van der Waals surface area contributed by atoms with Crippen molar-refractivity contribution >= 4 is 22.5 Å². The summed E-state index contributed by atoms with van der Waals surface area (Å²) in [7, 11) is 0. The van der Waals surface area contributed by atoms with Gasteiger partial charge < -0.3 is 14.8 Å². The normalized spacial score (nSPS) is 17.4. The summed E-state index contributed by atoms with van der Waals surface area (Å²) in [6, 6.07) is 9.27. The zero-order valence-electron chi connectivity index (χ0n) is 17.3. The minimum atomic E-state index is -0.362. The number of H-pyrrole nitrogens is 1. The zero-order valence-corrected chi connectivity index (χ0v) is 17.3. The first-order valence-electron chi connectivity index (χ1n) is 10.8. The van der Waals surface area contributed by atoms with Gasteiger partial charge in [-0.1, -0.05) is 12.8 Å². The maximum Gasteiger partial charge on any atom is 0.261 e. The van der Waals surface area contributed by atoms with Crippen LogP contribution in [0.25, 0.3) is 10.9 Å². The van der Waals surface area contributed by atoms with E-state index >= 15 is 0 Å². The lowest BCUT2D eigenvalue weighted by Gasteiger charge is -2.36. The summed E-state index contributed by atoms with van der Waals surface area (Å²) in [5.74, 6) is -0.242. The Balaban J connectivity index is 1.32. The van der Waals surface area contributed by atoms with Crippen molar-refractivity contribution < 1.29 is 4.79 Å². The lowest BCUT2D eigenvalue weighted by molar-refractivity contribution is 0.0745. The van der Waals surface area contributed by atoms with E-state index in [1.807, 2.05) is 18.2 Å². The van der Waals surface area contributed by atoms with Crippen LogP contribution in [0.15, 0.2) is 52.4 Å². The number of fused-ring (bicyclic) bond motifs is 1. The summed E-state index contributed by atoms with van der Waals surface area (Å²) in [6.45, 7) is 2.37. The van der Waals surface area contributed by atoms with Crippen LogP contribution in [0.5, 0.6) is 0 Å². The number of carbonyl (C=O) groups excluding carboxylic acids is 1. The van der Waals surface area contributed by atoms with Crippen molar-refractivity contribution in [3.05, 3.63) is 69.1 Å². The molecule has 8 nitrogen and oxygen atoms in total. The second kappa shape index (κ2) is 8.02. The molecule has 3 aromatic rings. The number of benzene rings is 1. The summed E-state index contributed by atoms with van der Waals surface area (Å²) in [4.78, 5) is 48.5. The second-order valence-electron chi connectivity index (χ2n) is 8.29. The molecule has 1 aromatic carbocycles. The van der Waals surface area contributed by atoms with Crippen LogP contribution in [0.1, 0.15) is 42.1 Å². The third kappa shape index (κ3) is 3.62. The van der Waals surface area contributed by atoms with Gasteiger partial charge >= 0.3 is 0 Å². The molecule has 5 rings (SSSR count). The topological polar surface area (TPSA) is 91.3 Å². The van der Waals surface area contributed by atoms with Crippen LogP contribution >= 0.6 is 0 Å². The number of rotatable bonds is 3. The Morgan fingerprint density at radius 2 is 1.81 bits per heavy atom. The lowest BCUT2D eigenvalue weighted by Crippen LogP contribution is -2.49. The number of amides is 1. The maximum absolute atomic E-state index is 12.9. The van der Waals surface area contributed by atoms with Gasteiger partial charge in [0, 0.05) is 44.1 Å². The summed E-state index contributed by atoms with van der Waals surface area (Å²) in [5, 5.41) is 0.648. The highest BCUT2D eigenvalue weighted by molar-refractivity contribution is 5.94. The van der Waals surface area contributed by atoms with Crippen molar-refractivity contribution in [2.45, 2.75) is 31.7 Å². The fraction of sp³-hybridized carbons (Fsp3) is 0.391. The van der Waals surface area contributed by atoms with Gasteiger partial charge in [-0.25, -0.2) is 4.98 Å². The molecular weight excluding hydrogens is 394 g/mol. The van der Waals surface area contributed by atoms with E-state index in [9.17, 15) is 14.4 Å². The smallest absolute Gasteiger partial charge is 0.261 e. The van der Waals surface area contributed by atoms with E-state index in [1.165, 1.54) is 19.0 Å². The van der Waals surface area contributed by atoms with Crippen LogP contribution in [-0.4, -0.2) is 51.5 Å². The number of carbonyl (C=O) groups is 1. The summed E-state index contributed by atoms with van der Waals surface area (Å²) >= 11 is 0. The molecule has 0 bridgehead atoms. The predicted molar refractivity (Wildman–Crippen MR) is 119 cm³/mol. The monoisotopic (exact) mass is 419 g/mol. The maximum atomic E-state index is 12.9. The molecule has 1 aliphatic heterocycles. The van der Waals surface area contributed by atoms with E-state index in [2.05, 4.69) is 14.9 Å². The molecule has 1 saturated heterocycles. The fourth-order valence-corrected chi connectivity index (χ4v) is 4.69. The molecule has 0 radical (unpaired) electrons. The van der Waals surface area contributed by atoms with E-state index in [1.54, 1.807) is 27.9 Å². The number of nitrogens with one attached hydrogen (secondary N) is 1. The van der Waals surface area contributed by atoms with Gasteiger partial charge in [0.05, 0.1) is 17.2 Å². The highest BCUT2D eigenvalue weighted by Gasteiger charge is 2.24. The third-order valence-corrected chi connectivity index (χ3v) is 6.47. The Kier molecular flexibility index (Phi) is 5.05. The predicted octanol–water partition coefficient (Wildman–Crippen LogP) is 2.16. The number of aromatic nitrogens is 3. The van der Waals surface area contributed by atoms with Gasteiger partial charge in [0.1, 0.15) is 5.56 Å². The average Bonchev–Trinajstić information content (AvgIpc) is 3.34. The number of hydrogen-bond acceptors (Lipinski definition) is 5. The number of aromatic amines is 1. The van der Waals surface area contributed by atoms with E-state index in [0.717, 1.165) is 18.5 Å². The molecule has 31 heavy (non-hydrogen) atoms. The van der Waals surface area contributed by atoms with E-state index in [0.29, 0.717) is 37.1 Å². The van der Waals surface area contributed by atoms with Crippen LogP contribution in [0, 0.1) is 0 Å². The molecule has 0 atom stereocenters. The van der Waals surface area contributed by atoms with Gasteiger partial charge in [0.15, 0.2) is 0 Å². The SMILES string of the molecule is O=C(c1ccc[nH]c1=O)N1CCN(c2ccc3c(=O)n(C4CCCC4)cnc3c2)CC1. The van der Waals surface area contributed by atoms with Crippen molar-refractivity contribution in [2.24, 2.45) is 0 Å². The summed E-state index contributed by atoms with van der Waals surface area (Å²) < 4.78 is 1.80. The van der Waals surface area contributed by atoms with Crippen LogP contribution in [0.2, 0.25) is 0 Å². The van der Waals surface area contributed by atoms with Crippen molar-refractivity contribution in [3.63, 3.8) is 0 Å². The lowest BCUT2D eigenvalue weighted by atomic mass is 10.1.